The largest absolute Gasteiger partial charge is 0.526 e. The summed E-state index contributed by atoms with van der Waals surface area (Å²) >= 11 is 0. The third kappa shape index (κ3) is 4.75. The first kappa shape index (κ1) is 10.4. The Morgan fingerprint density at radius 3 is 2.64 bits per heavy atom. The maximum Gasteiger partial charge on any atom is 0.319 e. The Labute approximate surface area is 69.6 Å². The number of aliphatic hydroxyl groups excluding tert-OH is 1. The summed E-state index contributed by atoms with van der Waals surface area (Å²) in [5.74, 6) is -0.297. The summed E-state index contributed by atoms with van der Waals surface area (Å²) in [7, 11) is 0.421. The van der Waals surface area contributed by atoms with E-state index >= 15 is 0 Å². The second kappa shape index (κ2) is 6.12. The van der Waals surface area contributed by atoms with Gasteiger partial charge < -0.3 is 9.53 Å². The second-order valence-corrected chi connectivity index (χ2v) is 2.68. The van der Waals surface area contributed by atoms with E-state index in [9.17, 15) is 4.79 Å². The molecular weight excluding hydrogens is 160 g/mol. The quantitative estimate of drug-likeness (QED) is 0.348. The van der Waals surface area contributed by atoms with Crippen LogP contribution in [-0.2, 0) is 9.22 Å². The summed E-state index contributed by atoms with van der Waals surface area (Å²) in [6.07, 6.45) is 2.14. The molecule has 0 fully saturated rings. The summed E-state index contributed by atoms with van der Waals surface area (Å²) in [4.78, 5) is 10.8. The maximum atomic E-state index is 10.8. The molecule has 0 aromatic heterocycles. The molecule has 0 amide bonds. The van der Waals surface area contributed by atoms with Crippen LogP contribution in [0.4, 0.5) is 0 Å². The van der Waals surface area contributed by atoms with Crippen molar-refractivity contribution in [2.75, 3.05) is 6.61 Å². The molecule has 0 heterocycles. The number of aliphatic hydroxyl groups is 1. The highest BCUT2D eigenvalue weighted by Crippen LogP contribution is 2.05. The maximum absolute atomic E-state index is 10.8. The van der Waals surface area contributed by atoms with E-state index in [0.717, 1.165) is 6.42 Å². The van der Waals surface area contributed by atoms with Crippen LogP contribution in [0.5, 0.6) is 0 Å². The van der Waals surface area contributed by atoms with Crippen molar-refractivity contribution < 1.29 is 14.3 Å². The van der Waals surface area contributed by atoms with Crippen molar-refractivity contribution in [2.24, 2.45) is 0 Å². The van der Waals surface area contributed by atoms with Crippen molar-refractivity contribution in [1.29, 1.82) is 0 Å². The van der Waals surface area contributed by atoms with Gasteiger partial charge in [0.25, 0.3) is 0 Å². The van der Waals surface area contributed by atoms with Crippen LogP contribution in [-0.4, -0.2) is 28.2 Å². The monoisotopic (exact) mass is 174 g/mol. The summed E-state index contributed by atoms with van der Waals surface area (Å²) in [6.45, 7) is 3.73. The molecule has 0 aromatic carbocycles. The standard InChI is InChI=1S/C7H14O3Si/c1-6(7(9)10-11)4-2-3-5-8/h8H,1-5H2,11H3. The smallest absolute Gasteiger partial charge is 0.319 e. The van der Waals surface area contributed by atoms with Crippen LogP contribution < -0.4 is 0 Å². The van der Waals surface area contributed by atoms with Crippen molar-refractivity contribution in [3.05, 3.63) is 12.2 Å². The second-order valence-electron chi connectivity index (χ2n) is 2.28. The van der Waals surface area contributed by atoms with Gasteiger partial charge in [-0.25, -0.2) is 4.79 Å². The first-order valence-corrected chi connectivity index (χ1v) is 4.41. The number of carbonyl (C=O) groups is 1. The van der Waals surface area contributed by atoms with Gasteiger partial charge in [0.2, 0.25) is 10.5 Å². The van der Waals surface area contributed by atoms with Gasteiger partial charge in [-0.2, -0.15) is 0 Å². The molecule has 0 bridgehead atoms. The normalized spacial score (nSPS) is 9.55. The Morgan fingerprint density at radius 1 is 1.55 bits per heavy atom. The zero-order chi connectivity index (χ0) is 8.69. The average Bonchev–Trinajstić information content (AvgIpc) is 2.03. The number of carbonyl (C=O) groups excluding carboxylic acids is 1. The Kier molecular flexibility index (Phi) is 5.78. The molecule has 0 saturated heterocycles. The minimum atomic E-state index is -0.297. The molecule has 0 atom stereocenters. The van der Waals surface area contributed by atoms with Crippen LogP contribution in [0.2, 0.25) is 0 Å². The van der Waals surface area contributed by atoms with Crippen molar-refractivity contribution in [3.8, 4) is 0 Å². The predicted octanol–water partition coefficient (Wildman–Crippen LogP) is -0.471. The first-order valence-electron chi connectivity index (χ1n) is 3.59. The van der Waals surface area contributed by atoms with Crippen LogP contribution >= 0.6 is 0 Å². The molecule has 0 unspecified atom stereocenters. The van der Waals surface area contributed by atoms with Crippen molar-refractivity contribution >= 4 is 16.5 Å². The van der Waals surface area contributed by atoms with Crippen molar-refractivity contribution in [1.82, 2.24) is 0 Å². The van der Waals surface area contributed by atoms with E-state index in [4.69, 9.17) is 5.11 Å². The number of rotatable bonds is 5. The lowest BCUT2D eigenvalue weighted by atomic mass is 10.1. The topological polar surface area (TPSA) is 46.5 Å². The third-order valence-electron chi connectivity index (χ3n) is 1.36. The molecule has 0 rings (SSSR count). The average molecular weight is 174 g/mol. The van der Waals surface area contributed by atoms with E-state index in [1.54, 1.807) is 0 Å². The van der Waals surface area contributed by atoms with E-state index in [-0.39, 0.29) is 12.6 Å². The molecular formula is C7H14O3Si. The first-order chi connectivity index (χ1) is 5.22. The van der Waals surface area contributed by atoms with Gasteiger partial charge in [-0.05, 0) is 19.3 Å². The van der Waals surface area contributed by atoms with Crippen LogP contribution in [0.1, 0.15) is 19.3 Å². The van der Waals surface area contributed by atoms with Gasteiger partial charge in [0.15, 0.2) is 0 Å². The van der Waals surface area contributed by atoms with E-state index in [0.29, 0.717) is 28.9 Å². The predicted molar refractivity (Wildman–Crippen MR) is 46.1 cm³/mol. The molecule has 0 spiro atoms. The van der Waals surface area contributed by atoms with Crippen LogP contribution in [0.25, 0.3) is 0 Å². The molecule has 0 aliphatic carbocycles. The lowest BCUT2D eigenvalue weighted by Crippen LogP contribution is -2.04. The third-order valence-corrected chi connectivity index (χ3v) is 1.73. The highest BCUT2D eigenvalue weighted by atomic mass is 28.2. The van der Waals surface area contributed by atoms with E-state index in [2.05, 4.69) is 11.0 Å². The summed E-state index contributed by atoms with van der Waals surface area (Å²) in [6, 6.07) is 0. The number of hydrogen-bond donors (Lipinski definition) is 1. The van der Waals surface area contributed by atoms with E-state index < -0.39 is 0 Å². The minimum Gasteiger partial charge on any atom is -0.526 e. The van der Waals surface area contributed by atoms with Gasteiger partial charge in [0, 0.05) is 12.2 Å². The molecule has 0 aliphatic rings. The SMILES string of the molecule is C=C(CCCCO)C(=O)O[SiH3]. The van der Waals surface area contributed by atoms with Gasteiger partial charge in [-0.15, -0.1) is 0 Å². The summed E-state index contributed by atoms with van der Waals surface area (Å²) < 4.78 is 4.58. The fraction of sp³-hybridized carbons (Fsp3) is 0.571. The lowest BCUT2D eigenvalue weighted by Gasteiger charge is -2.01. The molecule has 3 nitrogen and oxygen atoms in total. The van der Waals surface area contributed by atoms with Gasteiger partial charge in [-0.1, -0.05) is 6.58 Å². The Hall–Kier alpha value is -0.613. The fourth-order valence-corrected chi connectivity index (χ4v) is 0.985. The minimum absolute atomic E-state index is 0.170. The van der Waals surface area contributed by atoms with Crippen LogP contribution in [0, 0.1) is 0 Å². The zero-order valence-electron chi connectivity index (χ0n) is 6.80. The van der Waals surface area contributed by atoms with E-state index in [1.165, 1.54) is 0 Å². The van der Waals surface area contributed by atoms with Gasteiger partial charge in [0.05, 0.1) is 0 Å². The van der Waals surface area contributed by atoms with Gasteiger partial charge in [-0.3, -0.25) is 0 Å². The van der Waals surface area contributed by atoms with Gasteiger partial charge >= 0.3 is 5.97 Å². The molecule has 0 aliphatic heterocycles. The fourth-order valence-electron chi connectivity index (χ4n) is 0.697. The van der Waals surface area contributed by atoms with Crippen molar-refractivity contribution in [3.63, 3.8) is 0 Å². The van der Waals surface area contributed by atoms with Crippen LogP contribution in [0.15, 0.2) is 12.2 Å². The van der Waals surface area contributed by atoms with E-state index in [1.807, 2.05) is 0 Å². The zero-order valence-corrected chi connectivity index (χ0v) is 8.80. The molecule has 0 saturated carbocycles. The molecule has 1 N–H and O–H groups in total. The van der Waals surface area contributed by atoms with Crippen LogP contribution in [0.3, 0.4) is 0 Å². The lowest BCUT2D eigenvalue weighted by molar-refractivity contribution is -0.129. The van der Waals surface area contributed by atoms with Gasteiger partial charge in [0.1, 0.15) is 0 Å². The number of hydrogen-bond acceptors (Lipinski definition) is 3. The molecule has 0 aromatic rings. The summed E-state index contributed by atoms with van der Waals surface area (Å²) in [5.41, 5.74) is 0.508. The van der Waals surface area contributed by atoms with Crippen molar-refractivity contribution in [2.45, 2.75) is 19.3 Å². The molecule has 11 heavy (non-hydrogen) atoms. The molecule has 0 radical (unpaired) electrons. The molecule has 64 valence electrons. The Bertz CT molecular complexity index is 145. The Morgan fingerprint density at radius 2 is 2.18 bits per heavy atom. The number of unbranched alkanes of at least 4 members (excludes halogenated alkanes) is 1. The highest BCUT2D eigenvalue weighted by molar-refractivity contribution is 6.09. The highest BCUT2D eigenvalue weighted by Gasteiger charge is 2.03. The summed E-state index contributed by atoms with van der Waals surface area (Å²) in [5, 5.41) is 8.44. The Balaban J connectivity index is 3.44. The molecule has 4 heteroatoms.